The van der Waals surface area contributed by atoms with Crippen molar-refractivity contribution in [2.24, 2.45) is 0 Å². The van der Waals surface area contributed by atoms with Gasteiger partial charge in [0.25, 0.3) is 5.91 Å². The molecule has 2 rings (SSSR count). The predicted molar refractivity (Wildman–Crippen MR) is 79.3 cm³/mol. The molecule has 7 nitrogen and oxygen atoms in total. The number of nitrogens with zero attached hydrogens (tertiary/aromatic N) is 2. The molecule has 22 heavy (non-hydrogen) atoms. The molecule has 0 saturated carbocycles. The molecule has 118 valence electrons. The molecule has 7 heteroatoms. The van der Waals surface area contributed by atoms with Crippen molar-refractivity contribution in [2.45, 2.75) is 26.0 Å². The molecule has 1 amide bonds. The average molecular weight is 306 g/mol. The van der Waals surface area contributed by atoms with E-state index in [-0.39, 0.29) is 18.9 Å². The van der Waals surface area contributed by atoms with Crippen molar-refractivity contribution < 1.29 is 18.7 Å². The number of benzene rings is 1. The van der Waals surface area contributed by atoms with Gasteiger partial charge in [0, 0.05) is 20.6 Å². The zero-order chi connectivity index (χ0) is 16.3. The Kier molecular flexibility index (Phi) is 4.65. The highest BCUT2D eigenvalue weighted by atomic mass is 16.5. The summed E-state index contributed by atoms with van der Waals surface area (Å²) < 4.78 is 11.5. The van der Waals surface area contributed by atoms with Crippen molar-refractivity contribution in [2.75, 3.05) is 14.1 Å². The maximum absolute atomic E-state index is 11.8. The van der Waals surface area contributed by atoms with Gasteiger partial charge in [-0.25, -0.2) is 4.79 Å². The molecule has 1 heterocycles. The molecular weight excluding hydrogens is 288 g/mol. The fourth-order valence-electron chi connectivity index (χ4n) is 2.10. The monoisotopic (exact) mass is 306 g/mol. The number of esters is 1. The summed E-state index contributed by atoms with van der Waals surface area (Å²) in [6.45, 7) is 1.65. The Hall–Kier alpha value is -2.57. The Morgan fingerprint density at radius 2 is 2.00 bits per heavy atom. The molecule has 0 aliphatic heterocycles. The van der Waals surface area contributed by atoms with Crippen LogP contribution in [0.25, 0.3) is 11.1 Å². The van der Waals surface area contributed by atoms with E-state index in [2.05, 4.69) is 0 Å². The minimum Gasteiger partial charge on any atom is -0.452 e. The summed E-state index contributed by atoms with van der Waals surface area (Å²) in [5, 5.41) is 0. The third kappa shape index (κ3) is 3.36. The lowest BCUT2D eigenvalue weighted by atomic mass is 10.3. The minimum absolute atomic E-state index is 0.0194. The van der Waals surface area contributed by atoms with Gasteiger partial charge in [0.1, 0.15) is 0 Å². The van der Waals surface area contributed by atoms with Crippen LogP contribution in [0, 0.1) is 0 Å². The Balaban J connectivity index is 2.00. The fraction of sp³-hybridized carbons (Fsp3) is 0.400. The first-order valence-corrected chi connectivity index (χ1v) is 6.89. The first-order chi connectivity index (χ1) is 10.4. The van der Waals surface area contributed by atoms with E-state index in [1.165, 1.54) is 16.4 Å². The second-order valence-corrected chi connectivity index (χ2v) is 5.10. The molecule has 1 atom stereocenters. The van der Waals surface area contributed by atoms with Gasteiger partial charge in [-0.3, -0.25) is 14.2 Å². The number of likely N-dealkylation sites (N-methyl/N-ethyl adjacent to an activating group) is 1. The number of hydrogen-bond acceptors (Lipinski definition) is 5. The van der Waals surface area contributed by atoms with Crippen LogP contribution in [0.15, 0.2) is 33.5 Å². The van der Waals surface area contributed by atoms with Crippen molar-refractivity contribution in [3.63, 3.8) is 0 Å². The standard InChI is InChI=1S/C15H18N2O5/c1-10(14(19)16(2)3)21-13(18)8-9-17-11-6-4-5-7-12(11)22-15(17)20/h4-7,10H,8-9H2,1-3H3/t10-/m1/s1. The smallest absolute Gasteiger partial charge is 0.419 e. The summed E-state index contributed by atoms with van der Waals surface area (Å²) in [4.78, 5) is 36.5. The van der Waals surface area contributed by atoms with Crippen LogP contribution in [0.3, 0.4) is 0 Å². The lowest BCUT2D eigenvalue weighted by Crippen LogP contribution is -2.35. The number of carbonyl (C=O) groups excluding carboxylic acids is 2. The second-order valence-electron chi connectivity index (χ2n) is 5.10. The number of rotatable bonds is 5. The van der Waals surface area contributed by atoms with Gasteiger partial charge >= 0.3 is 11.7 Å². The maximum Gasteiger partial charge on any atom is 0.419 e. The van der Waals surface area contributed by atoms with Crippen LogP contribution < -0.4 is 5.76 Å². The van der Waals surface area contributed by atoms with E-state index in [4.69, 9.17) is 9.15 Å². The van der Waals surface area contributed by atoms with Crippen LogP contribution in [0.5, 0.6) is 0 Å². The zero-order valence-electron chi connectivity index (χ0n) is 12.7. The molecule has 0 unspecified atom stereocenters. The first-order valence-electron chi connectivity index (χ1n) is 6.89. The van der Waals surface area contributed by atoms with E-state index < -0.39 is 17.8 Å². The van der Waals surface area contributed by atoms with Gasteiger partial charge in [-0.1, -0.05) is 12.1 Å². The van der Waals surface area contributed by atoms with Crippen molar-refractivity contribution in [1.82, 2.24) is 9.47 Å². The van der Waals surface area contributed by atoms with E-state index in [1.54, 1.807) is 38.4 Å². The van der Waals surface area contributed by atoms with E-state index in [0.717, 1.165) is 0 Å². The fourth-order valence-corrected chi connectivity index (χ4v) is 2.10. The Morgan fingerprint density at radius 3 is 2.68 bits per heavy atom. The van der Waals surface area contributed by atoms with Crippen LogP contribution in [0.4, 0.5) is 0 Å². The van der Waals surface area contributed by atoms with Crippen molar-refractivity contribution >= 4 is 23.0 Å². The van der Waals surface area contributed by atoms with Crippen LogP contribution in [-0.4, -0.2) is 41.5 Å². The average Bonchev–Trinajstić information content (AvgIpc) is 2.79. The largest absolute Gasteiger partial charge is 0.452 e. The van der Waals surface area contributed by atoms with Gasteiger partial charge < -0.3 is 14.1 Å². The summed E-state index contributed by atoms with van der Waals surface area (Å²) in [5.74, 6) is -1.36. The van der Waals surface area contributed by atoms with Crippen LogP contribution in [-0.2, 0) is 20.9 Å². The lowest BCUT2D eigenvalue weighted by molar-refractivity contribution is -0.158. The van der Waals surface area contributed by atoms with Gasteiger partial charge in [-0.15, -0.1) is 0 Å². The molecule has 2 aromatic rings. The number of carbonyl (C=O) groups is 2. The minimum atomic E-state index is -0.847. The highest BCUT2D eigenvalue weighted by Gasteiger charge is 2.19. The number of aromatic nitrogens is 1. The van der Waals surface area contributed by atoms with Gasteiger partial charge in [0.15, 0.2) is 11.7 Å². The summed E-state index contributed by atoms with van der Waals surface area (Å²) in [6, 6.07) is 6.97. The van der Waals surface area contributed by atoms with Crippen molar-refractivity contribution in [1.29, 1.82) is 0 Å². The number of para-hydroxylation sites is 2. The lowest BCUT2D eigenvalue weighted by Gasteiger charge is -2.17. The van der Waals surface area contributed by atoms with E-state index in [1.807, 2.05) is 0 Å². The van der Waals surface area contributed by atoms with E-state index in [9.17, 15) is 14.4 Å². The van der Waals surface area contributed by atoms with Gasteiger partial charge in [0.2, 0.25) is 0 Å². The van der Waals surface area contributed by atoms with E-state index in [0.29, 0.717) is 11.1 Å². The SMILES string of the molecule is C[C@@H](OC(=O)CCn1c(=O)oc2ccccc21)C(=O)N(C)C. The molecule has 1 aromatic carbocycles. The molecule has 0 saturated heterocycles. The molecular formula is C15H18N2O5. The number of ether oxygens (including phenoxy) is 1. The number of aryl methyl sites for hydroxylation is 1. The topological polar surface area (TPSA) is 81.7 Å². The van der Waals surface area contributed by atoms with Crippen LogP contribution in [0.2, 0.25) is 0 Å². The number of fused-ring (bicyclic) bond motifs is 1. The van der Waals surface area contributed by atoms with Gasteiger partial charge in [-0.05, 0) is 19.1 Å². The normalized spacial score (nSPS) is 12.1. The van der Waals surface area contributed by atoms with Crippen molar-refractivity contribution in [3.05, 3.63) is 34.8 Å². The third-order valence-corrected chi connectivity index (χ3v) is 3.21. The summed E-state index contributed by atoms with van der Waals surface area (Å²) >= 11 is 0. The molecule has 0 spiro atoms. The quantitative estimate of drug-likeness (QED) is 0.770. The van der Waals surface area contributed by atoms with Gasteiger partial charge in [0.05, 0.1) is 11.9 Å². The number of oxazole rings is 1. The summed E-state index contributed by atoms with van der Waals surface area (Å²) in [5.41, 5.74) is 1.09. The molecule has 0 radical (unpaired) electrons. The summed E-state index contributed by atoms with van der Waals surface area (Å²) in [6.07, 6.45) is -0.866. The zero-order valence-corrected chi connectivity index (χ0v) is 12.7. The van der Waals surface area contributed by atoms with Crippen LogP contribution in [0.1, 0.15) is 13.3 Å². The highest BCUT2D eigenvalue weighted by molar-refractivity contribution is 5.83. The molecule has 0 bridgehead atoms. The summed E-state index contributed by atoms with van der Waals surface area (Å²) in [7, 11) is 3.17. The highest BCUT2D eigenvalue weighted by Crippen LogP contribution is 2.12. The number of amides is 1. The predicted octanol–water partition coefficient (Wildman–Crippen LogP) is 1.00. The maximum atomic E-state index is 11.8. The van der Waals surface area contributed by atoms with Crippen molar-refractivity contribution in [3.8, 4) is 0 Å². The third-order valence-electron chi connectivity index (χ3n) is 3.21. The molecule has 0 aliphatic rings. The second kappa shape index (κ2) is 6.46. The van der Waals surface area contributed by atoms with E-state index >= 15 is 0 Å². The van der Waals surface area contributed by atoms with Crippen LogP contribution >= 0.6 is 0 Å². The molecule has 0 fully saturated rings. The van der Waals surface area contributed by atoms with Gasteiger partial charge in [-0.2, -0.15) is 0 Å². The molecule has 1 aromatic heterocycles. The Morgan fingerprint density at radius 1 is 1.32 bits per heavy atom. The Bertz CT molecular complexity index is 744. The Labute approximate surface area is 127 Å². The number of hydrogen-bond donors (Lipinski definition) is 0. The molecule has 0 N–H and O–H groups in total. The molecule has 0 aliphatic carbocycles. The first kappa shape index (κ1) is 15.8.